The topological polar surface area (TPSA) is 6.48 Å². The van der Waals surface area contributed by atoms with E-state index in [9.17, 15) is 8.78 Å². The fraction of sp³-hybridized carbons (Fsp3) is 1.00. The van der Waals surface area contributed by atoms with Gasteiger partial charge in [-0.25, -0.2) is 11.9 Å². The van der Waals surface area contributed by atoms with Crippen LogP contribution in [0.15, 0.2) is 0 Å². The molecule has 2 nitrogen and oxygen atoms in total. The van der Waals surface area contributed by atoms with Gasteiger partial charge in [0.2, 0.25) is 0 Å². The van der Waals surface area contributed by atoms with Crippen molar-refractivity contribution in [1.29, 1.82) is 0 Å². The summed E-state index contributed by atoms with van der Waals surface area (Å²) in [5.74, 6) is 0.780. The number of hydrogen-bond donors (Lipinski definition) is 0. The minimum atomic E-state index is -2.20. The summed E-state index contributed by atoms with van der Waals surface area (Å²) < 4.78 is 27.5. The first-order valence-corrected chi connectivity index (χ1v) is 7.47. The molecule has 0 radical (unpaired) electrons. The third-order valence-corrected chi connectivity index (χ3v) is 4.88. The molecule has 0 amide bonds. The van der Waals surface area contributed by atoms with E-state index in [1.807, 2.05) is 0 Å². The van der Waals surface area contributed by atoms with Crippen LogP contribution in [0.1, 0.15) is 32.6 Å². The first-order valence-electron chi connectivity index (χ1n) is 6.51. The highest BCUT2D eigenvalue weighted by atomic mass is 127. The Bertz CT molecular complexity index is 239. The van der Waals surface area contributed by atoms with Gasteiger partial charge in [-0.15, -0.1) is 0 Å². The number of rotatable bonds is 4. The molecule has 1 aliphatic carbocycles. The lowest BCUT2D eigenvalue weighted by Crippen LogP contribution is -2.60. The zero-order valence-corrected chi connectivity index (χ0v) is 12.4. The van der Waals surface area contributed by atoms with Crippen LogP contribution in [0.5, 0.6) is 0 Å². The van der Waals surface area contributed by atoms with Gasteiger partial charge < -0.3 is 0 Å². The maximum Gasteiger partial charge on any atom is 0.251 e. The third-order valence-electron chi connectivity index (χ3n) is 4.09. The summed E-state index contributed by atoms with van der Waals surface area (Å²) in [5.41, 5.74) is 0. The largest absolute Gasteiger partial charge is 0.289 e. The van der Waals surface area contributed by atoms with Crippen molar-refractivity contribution in [1.82, 2.24) is 8.01 Å². The van der Waals surface area contributed by atoms with Crippen molar-refractivity contribution in [2.24, 2.45) is 5.92 Å². The van der Waals surface area contributed by atoms with Gasteiger partial charge >= 0.3 is 0 Å². The molecule has 0 aromatic heterocycles. The SMILES string of the molecule is CC1CCC(N(CC(F)F)C2CN(I)C2)CC1. The Kier molecular flexibility index (Phi) is 5.00. The summed E-state index contributed by atoms with van der Waals surface area (Å²) in [6, 6.07) is 0.759. The van der Waals surface area contributed by atoms with Crippen LogP contribution in [0.25, 0.3) is 0 Å². The zero-order valence-electron chi connectivity index (χ0n) is 10.3. The van der Waals surface area contributed by atoms with Gasteiger partial charge in [0, 0.05) is 48.0 Å². The van der Waals surface area contributed by atoms with E-state index in [0.29, 0.717) is 12.1 Å². The maximum atomic E-state index is 12.7. The molecule has 0 unspecified atom stereocenters. The van der Waals surface area contributed by atoms with Crippen molar-refractivity contribution in [2.45, 2.75) is 51.1 Å². The molecule has 100 valence electrons. The van der Waals surface area contributed by atoms with E-state index < -0.39 is 6.43 Å². The van der Waals surface area contributed by atoms with Crippen molar-refractivity contribution in [3.8, 4) is 0 Å². The molecule has 17 heavy (non-hydrogen) atoms. The molecule has 1 saturated carbocycles. The Morgan fingerprint density at radius 2 is 1.76 bits per heavy atom. The molecule has 0 aromatic rings. The molecule has 2 rings (SSSR count). The second-order valence-corrected chi connectivity index (χ2v) is 6.85. The van der Waals surface area contributed by atoms with Crippen LogP contribution in [0.4, 0.5) is 8.78 Å². The summed E-state index contributed by atoms with van der Waals surface area (Å²) >= 11 is 2.27. The molecule has 0 N–H and O–H groups in total. The highest BCUT2D eigenvalue weighted by Gasteiger charge is 2.36. The van der Waals surface area contributed by atoms with Gasteiger partial charge in [0.15, 0.2) is 0 Å². The summed E-state index contributed by atoms with van der Waals surface area (Å²) in [5, 5.41) is 0. The van der Waals surface area contributed by atoms with Crippen molar-refractivity contribution < 1.29 is 8.78 Å². The molecular formula is C12H21F2IN2. The summed E-state index contributed by atoms with van der Waals surface area (Å²) in [6.45, 7) is 4.12. The molecular weight excluding hydrogens is 337 g/mol. The van der Waals surface area contributed by atoms with E-state index in [0.717, 1.165) is 31.8 Å². The van der Waals surface area contributed by atoms with Gasteiger partial charge in [-0.2, -0.15) is 0 Å². The third kappa shape index (κ3) is 3.73. The van der Waals surface area contributed by atoms with Crippen molar-refractivity contribution in [2.75, 3.05) is 19.6 Å². The Balaban J connectivity index is 1.90. The van der Waals surface area contributed by atoms with E-state index in [2.05, 4.69) is 37.8 Å². The molecule has 0 atom stereocenters. The minimum absolute atomic E-state index is 0.0335. The van der Waals surface area contributed by atoms with Crippen molar-refractivity contribution in [3.63, 3.8) is 0 Å². The first-order chi connectivity index (χ1) is 8.06. The Morgan fingerprint density at radius 1 is 1.18 bits per heavy atom. The van der Waals surface area contributed by atoms with Crippen LogP contribution in [0, 0.1) is 5.92 Å². The predicted octanol–water partition coefficient (Wildman–Crippen LogP) is 3.17. The van der Waals surface area contributed by atoms with Crippen LogP contribution >= 0.6 is 22.9 Å². The highest BCUT2D eigenvalue weighted by Crippen LogP contribution is 2.31. The summed E-state index contributed by atoms with van der Waals surface area (Å²) in [7, 11) is 0. The molecule has 2 fully saturated rings. The van der Waals surface area contributed by atoms with Gasteiger partial charge in [-0.05, 0) is 31.6 Å². The fourth-order valence-electron chi connectivity index (χ4n) is 2.94. The molecule has 2 aliphatic rings. The molecule has 0 aromatic carbocycles. The van der Waals surface area contributed by atoms with Crippen LogP contribution in [-0.4, -0.2) is 46.2 Å². The smallest absolute Gasteiger partial charge is 0.251 e. The van der Waals surface area contributed by atoms with Gasteiger partial charge in [0.1, 0.15) is 0 Å². The predicted molar refractivity (Wildman–Crippen MR) is 73.5 cm³/mol. The second kappa shape index (κ2) is 6.10. The second-order valence-electron chi connectivity index (χ2n) is 5.48. The summed E-state index contributed by atoms with van der Waals surface area (Å²) in [6.07, 6.45) is 2.41. The van der Waals surface area contributed by atoms with Gasteiger partial charge in [-0.3, -0.25) is 4.90 Å². The lowest BCUT2D eigenvalue weighted by Gasteiger charge is -2.47. The average molecular weight is 358 g/mol. The van der Waals surface area contributed by atoms with Gasteiger partial charge in [0.05, 0.1) is 6.54 Å². The van der Waals surface area contributed by atoms with E-state index in [1.165, 1.54) is 12.8 Å². The lowest BCUT2D eigenvalue weighted by molar-refractivity contribution is -0.00690. The van der Waals surface area contributed by atoms with Crippen LogP contribution < -0.4 is 0 Å². The van der Waals surface area contributed by atoms with E-state index in [-0.39, 0.29) is 6.54 Å². The lowest BCUT2D eigenvalue weighted by atomic mass is 9.85. The quantitative estimate of drug-likeness (QED) is 0.563. The first kappa shape index (κ1) is 13.9. The van der Waals surface area contributed by atoms with Gasteiger partial charge in [0.25, 0.3) is 6.43 Å². The van der Waals surface area contributed by atoms with Crippen molar-refractivity contribution >= 4 is 22.9 Å². The number of halogens is 3. The van der Waals surface area contributed by atoms with Crippen molar-refractivity contribution in [3.05, 3.63) is 0 Å². The molecule has 1 heterocycles. The van der Waals surface area contributed by atoms with E-state index in [1.54, 1.807) is 0 Å². The number of hydrogen-bond acceptors (Lipinski definition) is 2. The van der Waals surface area contributed by atoms with E-state index >= 15 is 0 Å². The minimum Gasteiger partial charge on any atom is -0.289 e. The standard InChI is InChI=1S/C12H21F2IN2/c1-9-2-4-10(5-3-9)17(8-12(13)14)11-6-16(15)7-11/h9-12H,2-8H2,1H3. The Hall–Kier alpha value is 0.510. The maximum absolute atomic E-state index is 12.7. The molecule has 5 heteroatoms. The highest BCUT2D eigenvalue weighted by molar-refractivity contribution is 14.1. The molecule has 1 saturated heterocycles. The number of nitrogens with zero attached hydrogens (tertiary/aromatic N) is 2. The Labute approximate surface area is 116 Å². The zero-order chi connectivity index (χ0) is 12.4. The molecule has 0 bridgehead atoms. The molecule has 0 spiro atoms. The Morgan fingerprint density at radius 3 is 2.24 bits per heavy atom. The normalized spacial score (nSPS) is 32.1. The van der Waals surface area contributed by atoms with Crippen LogP contribution in [0.3, 0.4) is 0 Å². The fourth-order valence-corrected chi connectivity index (χ4v) is 3.85. The summed E-state index contributed by atoms with van der Waals surface area (Å²) in [4.78, 5) is 2.09. The average Bonchev–Trinajstić information content (AvgIpc) is 2.23. The van der Waals surface area contributed by atoms with Gasteiger partial charge in [-0.1, -0.05) is 6.92 Å². The monoisotopic (exact) mass is 358 g/mol. The molecule has 1 aliphatic heterocycles. The van der Waals surface area contributed by atoms with Crippen LogP contribution in [-0.2, 0) is 0 Å². The van der Waals surface area contributed by atoms with Crippen LogP contribution in [0.2, 0.25) is 0 Å². The van der Waals surface area contributed by atoms with E-state index in [4.69, 9.17) is 0 Å². The number of alkyl halides is 2.